The zero-order valence-corrected chi connectivity index (χ0v) is 11.7. The summed E-state index contributed by atoms with van der Waals surface area (Å²) in [5, 5.41) is 9.86. The van der Waals surface area contributed by atoms with Crippen LogP contribution in [0.2, 0.25) is 0 Å². The molecule has 0 saturated carbocycles. The molecule has 6 heteroatoms. The summed E-state index contributed by atoms with van der Waals surface area (Å²) in [6.45, 7) is 0. The van der Waals surface area contributed by atoms with Crippen molar-refractivity contribution in [3.05, 3.63) is 48.8 Å². The van der Waals surface area contributed by atoms with E-state index in [0.717, 1.165) is 11.1 Å². The van der Waals surface area contributed by atoms with Crippen LogP contribution in [0.5, 0.6) is 0 Å². The number of para-hydroxylation sites is 2. The zero-order valence-electron chi connectivity index (χ0n) is 11.7. The smallest absolute Gasteiger partial charge is 0.384 e. The van der Waals surface area contributed by atoms with Crippen molar-refractivity contribution in [2.75, 3.05) is 4.90 Å². The number of nitrogens with zero attached hydrogens (tertiary/aromatic N) is 3. The monoisotopic (exact) mass is 296 g/mol. The van der Waals surface area contributed by atoms with E-state index in [2.05, 4.69) is 4.98 Å². The molecule has 1 atom stereocenters. The van der Waals surface area contributed by atoms with Crippen LogP contribution < -0.4 is 9.47 Å². The van der Waals surface area contributed by atoms with Crippen LogP contribution in [0.15, 0.2) is 53.2 Å². The van der Waals surface area contributed by atoms with E-state index in [0.29, 0.717) is 24.5 Å². The highest BCUT2D eigenvalue weighted by Gasteiger charge is 2.30. The van der Waals surface area contributed by atoms with Gasteiger partial charge in [0.25, 0.3) is 0 Å². The Morgan fingerprint density at radius 2 is 2.00 bits per heavy atom. The average molecular weight is 296 g/mol. The first-order chi connectivity index (χ1) is 10.7. The number of fused-ring (bicyclic) bond motifs is 1. The van der Waals surface area contributed by atoms with Crippen molar-refractivity contribution in [3.8, 4) is 6.01 Å². The van der Waals surface area contributed by atoms with E-state index in [1.165, 1.54) is 4.90 Å². The van der Waals surface area contributed by atoms with Gasteiger partial charge in [0, 0.05) is 30.0 Å². The normalized spacial score (nSPS) is 18.3. The summed E-state index contributed by atoms with van der Waals surface area (Å²) >= 11 is 0. The van der Waals surface area contributed by atoms with Gasteiger partial charge in [-0.1, -0.05) is 12.1 Å². The molecule has 1 amide bonds. The minimum atomic E-state index is -0.743. The molecule has 1 unspecified atom stereocenters. The van der Waals surface area contributed by atoms with Gasteiger partial charge in [0.1, 0.15) is 18.6 Å². The fourth-order valence-electron chi connectivity index (χ4n) is 2.66. The molecule has 3 heterocycles. The zero-order chi connectivity index (χ0) is 15.1. The summed E-state index contributed by atoms with van der Waals surface area (Å²) in [6.07, 6.45) is 3.63. The summed E-state index contributed by atoms with van der Waals surface area (Å²) < 4.78 is 7.42. The lowest BCUT2D eigenvalue weighted by atomic mass is 10.3. The number of benzene rings is 1. The third-order valence-electron chi connectivity index (χ3n) is 3.78. The number of oxazole rings is 1. The third-order valence-corrected chi connectivity index (χ3v) is 3.78. The molecule has 1 aliphatic rings. The van der Waals surface area contributed by atoms with Crippen LogP contribution in [0, 0.1) is 0 Å². The summed E-state index contributed by atoms with van der Waals surface area (Å²) in [5.41, 5.74) is 2.18. The summed E-state index contributed by atoms with van der Waals surface area (Å²) in [7, 11) is 0. The Labute approximate surface area is 126 Å². The quantitative estimate of drug-likeness (QED) is 0.728. The Balaban J connectivity index is 1.68. The van der Waals surface area contributed by atoms with Crippen molar-refractivity contribution in [1.29, 1.82) is 0 Å². The lowest BCUT2D eigenvalue weighted by Crippen LogP contribution is -2.35. The predicted octanol–water partition coefficient (Wildman–Crippen LogP) is 1.55. The van der Waals surface area contributed by atoms with Crippen molar-refractivity contribution >= 4 is 22.7 Å². The minimum absolute atomic E-state index is 0.0629. The third kappa shape index (κ3) is 2.05. The minimum Gasteiger partial charge on any atom is -0.384 e. The van der Waals surface area contributed by atoms with Crippen molar-refractivity contribution in [3.63, 3.8) is 0 Å². The lowest BCUT2D eigenvalue weighted by molar-refractivity contribution is -0.612. The fraction of sp³-hybridized carbons (Fsp3) is 0.188. The van der Waals surface area contributed by atoms with Gasteiger partial charge in [-0.2, -0.15) is 4.57 Å². The van der Waals surface area contributed by atoms with E-state index in [4.69, 9.17) is 4.42 Å². The van der Waals surface area contributed by atoms with Gasteiger partial charge in [0.15, 0.2) is 5.58 Å². The number of aliphatic hydroxyl groups is 1. The molecule has 110 valence electrons. The molecule has 3 aromatic rings. The van der Waals surface area contributed by atoms with Crippen LogP contribution in [-0.4, -0.2) is 22.2 Å². The molecule has 0 spiro atoms. The number of pyridine rings is 1. The van der Waals surface area contributed by atoms with Gasteiger partial charge < -0.3 is 9.52 Å². The van der Waals surface area contributed by atoms with Crippen molar-refractivity contribution < 1.29 is 18.9 Å². The van der Waals surface area contributed by atoms with Gasteiger partial charge in [-0.3, -0.25) is 9.69 Å². The van der Waals surface area contributed by atoms with E-state index in [1.54, 1.807) is 29.1 Å². The largest absolute Gasteiger partial charge is 0.509 e. The molecule has 1 aliphatic heterocycles. The molecule has 22 heavy (non-hydrogen) atoms. The second kappa shape index (κ2) is 4.92. The van der Waals surface area contributed by atoms with Crippen molar-refractivity contribution in [2.24, 2.45) is 0 Å². The molecule has 0 bridgehead atoms. The summed E-state index contributed by atoms with van der Waals surface area (Å²) in [5.74, 6) is -0.0629. The van der Waals surface area contributed by atoms with E-state index in [-0.39, 0.29) is 5.91 Å². The maximum atomic E-state index is 11.8. The standard InChI is InChI=1S/C16H14N3O3/c20-14-5-6-15(21)19(14)11-7-9-18(10-8-11)16-17-12-3-1-2-4-13(12)22-16/h1-4,7-10,14,20H,5-6H2/q+1. The Morgan fingerprint density at radius 3 is 2.68 bits per heavy atom. The van der Waals surface area contributed by atoms with Gasteiger partial charge in [-0.25, -0.2) is 0 Å². The molecule has 4 rings (SSSR count). The topological polar surface area (TPSA) is 70.5 Å². The highest BCUT2D eigenvalue weighted by atomic mass is 16.4. The molecule has 2 aromatic heterocycles. The first-order valence-electron chi connectivity index (χ1n) is 7.10. The number of carbonyl (C=O) groups is 1. The van der Waals surface area contributed by atoms with Crippen molar-refractivity contribution in [2.45, 2.75) is 19.1 Å². The number of amides is 1. The van der Waals surface area contributed by atoms with Gasteiger partial charge >= 0.3 is 6.01 Å². The molecule has 1 aromatic carbocycles. The first kappa shape index (κ1) is 13.0. The van der Waals surface area contributed by atoms with Crippen LogP contribution in [0.1, 0.15) is 12.8 Å². The predicted molar refractivity (Wildman–Crippen MR) is 78.3 cm³/mol. The molecular weight excluding hydrogens is 282 g/mol. The number of carbonyl (C=O) groups excluding carboxylic acids is 1. The highest BCUT2D eigenvalue weighted by Crippen LogP contribution is 2.24. The van der Waals surface area contributed by atoms with E-state index in [1.807, 2.05) is 24.3 Å². The molecule has 0 aliphatic carbocycles. The van der Waals surface area contributed by atoms with Crippen LogP contribution in [0.3, 0.4) is 0 Å². The molecule has 6 nitrogen and oxygen atoms in total. The molecule has 0 radical (unpaired) electrons. The number of hydrogen-bond donors (Lipinski definition) is 1. The van der Waals surface area contributed by atoms with Gasteiger partial charge in [0.05, 0.1) is 5.69 Å². The number of rotatable bonds is 2. The Morgan fingerprint density at radius 1 is 1.23 bits per heavy atom. The van der Waals surface area contributed by atoms with Crippen LogP contribution in [0.4, 0.5) is 5.69 Å². The highest BCUT2D eigenvalue weighted by molar-refractivity contribution is 5.95. The van der Waals surface area contributed by atoms with E-state index >= 15 is 0 Å². The number of aliphatic hydroxyl groups excluding tert-OH is 1. The fourth-order valence-corrected chi connectivity index (χ4v) is 2.66. The van der Waals surface area contributed by atoms with Gasteiger partial charge in [-0.15, -0.1) is 0 Å². The Bertz CT molecular complexity index is 808. The SMILES string of the molecule is O=C1CCC(O)N1c1cc[n+](-c2nc3ccccc3o2)cc1. The molecule has 1 saturated heterocycles. The van der Waals surface area contributed by atoms with Gasteiger partial charge in [-0.05, 0) is 12.1 Å². The van der Waals surface area contributed by atoms with Crippen molar-refractivity contribution in [1.82, 2.24) is 4.98 Å². The number of anilines is 1. The Hall–Kier alpha value is -2.73. The molecular formula is C16H14N3O3+. The maximum absolute atomic E-state index is 11.8. The van der Waals surface area contributed by atoms with Crippen LogP contribution in [-0.2, 0) is 4.79 Å². The van der Waals surface area contributed by atoms with E-state index < -0.39 is 6.23 Å². The van der Waals surface area contributed by atoms with Crippen LogP contribution in [0.25, 0.3) is 17.1 Å². The average Bonchev–Trinajstić information content (AvgIpc) is 3.11. The second-order valence-electron chi connectivity index (χ2n) is 5.21. The van der Waals surface area contributed by atoms with Gasteiger partial charge in [0.2, 0.25) is 11.4 Å². The Kier molecular flexibility index (Phi) is 2.90. The lowest BCUT2D eigenvalue weighted by Gasteiger charge is -2.19. The van der Waals surface area contributed by atoms with E-state index in [9.17, 15) is 9.90 Å². The van der Waals surface area contributed by atoms with Crippen LogP contribution >= 0.6 is 0 Å². The molecule has 1 N–H and O–H groups in total. The summed E-state index contributed by atoms with van der Waals surface area (Å²) in [6, 6.07) is 11.5. The molecule has 1 fully saturated rings. The second-order valence-corrected chi connectivity index (χ2v) is 5.21. The summed E-state index contributed by atoms with van der Waals surface area (Å²) in [4.78, 5) is 17.6. The first-order valence-corrected chi connectivity index (χ1v) is 7.10. The maximum Gasteiger partial charge on any atom is 0.509 e. The number of aromatic nitrogens is 2. The number of hydrogen-bond acceptors (Lipinski definition) is 4.